The molecule has 1 heterocycles. The van der Waals surface area contributed by atoms with Gasteiger partial charge in [-0.05, 0) is 23.8 Å². The molecule has 0 fully saturated rings. The van der Waals surface area contributed by atoms with Gasteiger partial charge in [0.25, 0.3) is 0 Å². The van der Waals surface area contributed by atoms with E-state index in [0.29, 0.717) is 4.68 Å². The average Bonchev–Trinajstić information content (AvgIpc) is 3.19. The Morgan fingerprint density at radius 3 is 2.56 bits per heavy atom. The van der Waals surface area contributed by atoms with E-state index in [0.717, 1.165) is 24.5 Å². The highest BCUT2D eigenvalue weighted by Gasteiger charge is 2.34. The Hall–Kier alpha value is -2.83. The zero-order valence-electron chi connectivity index (χ0n) is 15.9. The Labute approximate surface area is 185 Å². The summed E-state index contributed by atoms with van der Waals surface area (Å²) in [5, 5.41) is 10.9. The first-order valence-corrected chi connectivity index (χ1v) is 10.3. The number of nitrogens with zero attached hydrogens (tertiary/aromatic N) is 2. The van der Waals surface area contributed by atoms with Gasteiger partial charge in [-0.2, -0.15) is 27.1 Å². The number of rotatable bonds is 6. The fraction of sp³-hybridized carbons (Fsp3) is 0.158. The number of alkyl halides is 5. The van der Waals surface area contributed by atoms with Crippen LogP contribution in [0.2, 0.25) is 5.02 Å². The summed E-state index contributed by atoms with van der Waals surface area (Å²) in [4.78, 5) is 12.4. The van der Waals surface area contributed by atoms with Crippen molar-refractivity contribution in [1.82, 2.24) is 9.78 Å². The first-order valence-electron chi connectivity index (χ1n) is 8.74. The standard InChI is InChI=1S/C19H14ClF5N4O2S/c20-17-10(2-1-3-14(17)19(23,24)25)6-16(30)28-12-4-5-13(15(7-12)32(26)31)11-8-27-29(9-11)18(21)22/h1-5,7-9,18H,6,26H2,(H,28,30). The van der Waals surface area contributed by atoms with Gasteiger partial charge in [0, 0.05) is 23.0 Å². The van der Waals surface area contributed by atoms with Crippen molar-refractivity contribution in [2.75, 3.05) is 5.32 Å². The molecule has 170 valence electrons. The number of hydrogen-bond acceptors (Lipinski definition) is 3. The molecule has 6 nitrogen and oxygen atoms in total. The summed E-state index contributed by atoms with van der Waals surface area (Å²) in [5.74, 6) is -0.682. The molecule has 0 aliphatic heterocycles. The van der Waals surface area contributed by atoms with Crippen molar-refractivity contribution < 1.29 is 31.0 Å². The van der Waals surface area contributed by atoms with Crippen molar-refractivity contribution in [3.63, 3.8) is 0 Å². The van der Waals surface area contributed by atoms with Gasteiger partial charge in [-0.15, -0.1) is 0 Å². The lowest BCUT2D eigenvalue weighted by Crippen LogP contribution is -2.16. The van der Waals surface area contributed by atoms with Gasteiger partial charge >= 0.3 is 12.7 Å². The zero-order valence-corrected chi connectivity index (χ0v) is 17.4. The summed E-state index contributed by atoms with van der Waals surface area (Å²) in [6.45, 7) is -2.86. The minimum absolute atomic E-state index is 0.0300. The van der Waals surface area contributed by atoms with Crippen LogP contribution in [0.4, 0.5) is 27.6 Å². The van der Waals surface area contributed by atoms with Crippen LogP contribution in [0.1, 0.15) is 17.7 Å². The highest BCUT2D eigenvalue weighted by molar-refractivity contribution is 7.82. The topological polar surface area (TPSA) is 90.0 Å². The number of carbonyl (C=O) groups excluding carboxylic acids is 1. The molecule has 32 heavy (non-hydrogen) atoms. The molecule has 3 aromatic rings. The van der Waals surface area contributed by atoms with Crippen LogP contribution >= 0.6 is 11.6 Å². The largest absolute Gasteiger partial charge is 0.417 e. The molecule has 0 spiro atoms. The van der Waals surface area contributed by atoms with Gasteiger partial charge < -0.3 is 5.32 Å². The molecule has 3 rings (SSSR count). The Balaban J connectivity index is 1.83. The number of aromatic nitrogens is 2. The monoisotopic (exact) mass is 492 g/mol. The van der Waals surface area contributed by atoms with Crippen LogP contribution in [-0.2, 0) is 28.4 Å². The number of carbonyl (C=O) groups is 1. The van der Waals surface area contributed by atoms with Crippen molar-refractivity contribution in [2.24, 2.45) is 5.14 Å². The molecule has 1 aromatic heterocycles. The van der Waals surface area contributed by atoms with Crippen LogP contribution in [0.15, 0.2) is 53.7 Å². The number of anilines is 1. The minimum Gasteiger partial charge on any atom is -0.326 e. The van der Waals surface area contributed by atoms with E-state index in [-0.39, 0.29) is 27.3 Å². The smallest absolute Gasteiger partial charge is 0.326 e. The maximum atomic E-state index is 13.0. The Morgan fingerprint density at radius 2 is 1.97 bits per heavy atom. The molecule has 0 aliphatic rings. The SMILES string of the molecule is NS(=O)c1cc(NC(=O)Cc2cccc(C(F)(F)F)c2Cl)ccc1-c1cnn(C(F)F)c1. The molecule has 0 saturated carbocycles. The van der Waals surface area contributed by atoms with Crippen LogP contribution in [0.3, 0.4) is 0 Å². The molecule has 0 aliphatic carbocycles. The van der Waals surface area contributed by atoms with Crippen molar-refractivity contribution in [1.29, 1.82) is 0 Å². The molecule has 0 radical (unpaired) electrons. The van der Waals surface area contributed by atoms with Crippen LogP contribution in [-0.4, -0.2) is 19.9 Å². The van der Waals surface area contributed by atoms with Gasteiger partial charge in [0.15, 0.2) is 0 Å². The van der Waals surface area contributed by atoms with E-state index in [4.69, 9.17) is 16.7 Å². The zero-order chi connectivity index (χ0) is 23.6. The third-order valence-corrected chi connectivity index (χ3v) is 5.55. The van der Waals surface area contributed by atoms with Crippen LogP contribution in [0, 0.1) is 0 Å². The highest BCUT2D eigenvalue weighted by Crippen LogP contribution is 2.36. The summed E-state index contributed by atoms with van der Waals surface area (Å²) >= 11 is 5.80. The van der Waals surface area contributed by atoms with Crippen molar-refractivity contribution in [3.8, 4) is 11.1 Å². The molecule has 1 unspecified atom stereocenters. The summed E-state index contributed by atoms with van der Waals surface area (Å²) in [5.41, 5.74) is -0.446. The molecular formula is C19H14ClF5N4O2S. The van der Waals surface area contributed by atoms with Crippen molar-refractivity contribution >= 4 is 34.2 Å². The highest BCUT2D eigenvalue weighted by atomic mass is 35.5. The first kappa shape index (κ1) is 23.8. The number of amides is 1. The molecule has 13 heteroatoms. The molecule has 1 atom stereocenters. The van der Waals surface area contributed by atoms with E-state index in [2.05, 4.69) is 10.4 Å². The lowest BCUT2D eigenvalue weighted by Gasteiger charge is -2.13. The van der Waals surface area contributed by atoms with E-state index in [9.17, 15) is 31.0 Å². The number of nitrogens with two attached hydrogens (primary N) is 1. The first-order chi connectivity index (χ1) is 15.0. The molecular weight excluding hydrogens is 479 g/mol. The number of nitrogens with one attached hydrogen (secondary N) is 1. The van der Waals surface area contributed by atoms with E-state index in [1.807, 2.05) is 0 Å². The fourth-order valence-corrected chi connectivity index (χ4v) is 3.85. The molecule has 0 bridgehead atoms. The maximum absolute atomic E-state index is 13.0. The average molecular weight is 493 g/mol. The maximum Gasteiger partial charge on any atom is 0.417 e. The van der Waals surface area contributed by atoms with Gasteiger partial charge in [-0.1, -0.05) is 29.8 Å². The summed E-state index contributed by atoms with van der Waals surface area (Å²) in [7, 11) is -2.04. The van der Waals surface area contributed by atoms with Gasteiger partial charge in [0.1, 0.15) is 11.0 Å². The molecule has 0 saturated heterocycles. The third kappa shape index (κ3) is 5.31. The van der Waals surface area contributed by atoms with Gasteiger partial charge in [0.05, 0.1) is 28.1 Å². The minimum atomic E-state index is -4.67. The van der Waals surface area contributed by atoms with Crippen LogP contribution in [0.5, 0.6) is 0 Å². The van der Waals surface area contributed by atoms with Gasteiger partial charge in [-0.3, -0.25) is 4.79 Å². The Kier molecular flexibility index (Phi) is 6.96. The summed E-state index contributed by atoms with van der Waals surface area (Å²) in [6.07, 6.45) is -2.93. The number of hydrogen-bond donors (Lipinski definition) is 2. The second-order valence-electron chi connectivity index (χ2n) is 6.50. The molecule has 3 N–H and O–H groups in total. The predicted octanol–water partition coefficient (Wildman–Crippen LogP) is 4.78. The van der Waals surface area contributed by atoms with E-state index in [1.54, 1.807) is 0 Å². The summed E-state index contributed by atoms with van der Waals surface area (Å²) < 4.78 is 76.8. The van der Waals surface area contributed by atoms with Gasteiger partial charge in [0.2, 0.25) is 5.91 Å². The molecule has 2 aromatic carbocycles. The van der Waals surface area contributed by atoms with Gasteiger partial charge in [-0.25, -0.2) is 14.0 Å². The fourth-order valence-electron chi connectivity index (χ4n) is 2.90. The predicted molar refractivity (Wildman–Crippen MR) is 108 cm³/mol. The van der Waals surface area contributed by atoms with E-state index >= 15 is 0 Å². The third-order valence-electron chi connectivity index (χ3n) is 4.33. The van der Waals surface area contributed by atoms with Crippen LogP contribution in [0.25, 0.3) is 11.1 Å². The molecule has 1 amide bonds. The normalized spacial score (nSPS) is 12.8. The van der Waals surface area contributed by atoms with E-state index < -0.39 is 46.6 Å². The second-order valence-corrected chi connectivity index (χ2v) is 7.91. The number of halogens is 6. The quantitative estimate of drug-likeness (QED) is 0.485. The van der Waals surface area contributed by atoms with Crippen molar-refractivity contribution in [2.45, 2.75) is 24.0 Å². The van der Waals surface area contributed by atoms with E-state index in [1.165, 1.54) is 24.3 Å². The lowest BCUT2D eigenvalue weighted by molar-refractivity contribution is -0.137. The van der Waals surface area contributed by atoms with Crippen molar-refractivity contribution in [3.05, 3.63) is 64.9 Å². The Bertz CT molecular complexity index is 1180. The second kappa shape index (κ2) is 9.35. The van der Waals surface area contributed by atoms with Crippen LogP contribution < -0.4 is 10.5 Å². The number of benzene rings is 2. The Morgan fingerprint density at radius 1 is 1.25 bits per heavy atom. The summed E-state index contributed by atoms with van der Waals surface area (Å²) in [6, 6.07) is 7.32. The lowest BCUT2D eigenvalue weighted by atomic mass is 10.1.